The molecule has 0 spiro atoms. The van der Waals surface area contributed by atoms with Crippen LogP contribution in [0, 0.1) is 18.8 Å². The van der Waals surface area contributed by atoms with E-state index in [9.17, 15) is 9.59 Å². The molecule has 0 heterocycles. The molecule has 0 saturated heterocycles. The summed E-state index contributed by atoms with van der Waals surface area (Å²) in [6, 6.07) is 27.4. The van der Waals surface area contributed by atoms with Crippen LogP contribution in [-0.2, 0) is 25.2 Å². The van der Waals surface area contributed by atoms with E-state index in [0.717, 1.165) is 31.1 Å². The Kier molecular flexibility index (Phi) is 7.25. The molecule has 3 nitrogen and oxygen atoms in total. The van der Waals surface area contributed by atoms with Crippen LogP contribution in [0.3, 0.4) is 0 Å². The van der Waals surface area contributed by atoms with Crippen LogP contribution in [0.15, 0.2) is 84.9 Å². The molecule has 0 radical (unpaired) electrons. The topological polar surface area (TPSA) is 43.4 Å². The number of benzene rings is 3. The van der Waals surface area contributed by atoms with Crippen LogP contribution in [0.1, 0.15) is 62.3 Å². The number of hydrogen-bond donors (Lipinski definition) is 0. The number of carbonyl (C=O) groups excluding carboxylic acids is 2. The Morgan fingerprint density at radius 1 is 0.857 bits per heavy atom. The second-order valence-electron chi connectivity index (χ2n) is 10.7. The molecule has 182 valence electrons. The van der Waals surface area contributed by atoms with E-state index in [1.807, 2.05) is 67.6 Å². The van der Waals surface area contributed by atoms with Crippen molar-refractivity contribution in [2.45, 2.75) is 63.9 Å². The zero-order valence-electron chi connectivity index (χ0n) is 21.2. The SMILES string of the molecule is Cc1cccc([C@@](C=O)(C(=O)O[C@@H]2C[C@H](C)CC[C@H]2C(C)(C)c2ccccc2)c2ccccc2)c1. The van der Waals surface area contributed by atoms with Crippen molar-refractivity contribution in [2.75, 3.05) is 0 Å². The minimum atomic E-state index is -1.50. The molecule has 3 aromatic carbocycles. The van der Waals surface area contributed by atoms with Crippen molar-refractivity contribution >= 4 is 12.3 Å². The van der Waals surface area contributed by atoms with Crippen LogP contribution in [0.5, 0.6) is 0 Å². The van der Waals surface area contributed by atoms with Crippen LogP contribution in [0.25, 0.3) is 0 Å². The van der Waals surface area contributed by atoms with E-state index in [1.165, 1.54) is 5.56 Å². The molecule has 4 atom stereocenters. The van der Waals surface area contributed by atoms with Crippen molar-refractivity contribution in [1.29, 1.82) is 0 Å². The summed E-state index contributed by atoms with van der Waals surface area (Å²) in [5, 5.41) is 0. The summed E-state index contributed by atoms with van der Waals surface area (Å²) in [5.74, 6) is 0.122. The molecule has 0 aliphatic heterocycles. The lowest BCUT2D eigenvalue weighted by molar-refractivity contribution is -0.162. The Hall–Kier alpha value is -3.20. The maximum atomic E-state index is 14.1. The smallest absolute Gasteiger partial charge is 0.328 e. The van der Waals surface area contributed by atoms with Crippen molar-refractivity contribution in [1.82, 2.24) is 0 Å². The monoisotopic (exact) mass is 468 g/mol. The molecule has 1 saturated carbocycles. The highest BCUT2D eigenvalue weighted by molar-refractivity contribution is 6.04. The first-order chi connectivity index (χ1) is 16.8. The number of esters is 1. The lowest BCUT2D eigenvalue weighted by Gasteiger charge is -2.44. The Bertz CT molecular complexity index is 1150. The van der Waals surface area contributed by atoms with Gasteiger partial charge in [0, 0.05) is 5.92 Å². The highest BCUT2D eigenvalue weighted by atomic mass is 16.5. The molecule has 3 aromatic rings. The van der Waals surface area contributed by atoms with Crippen LogP contribution in [0.2, 0.25) is 0 Å². The van der Waals surface area contributed by atoms with Gasteiger partial charge in [0.05, 0.1) is 0 Å². The minimum Gasteiger partial charge on any atom is -0.461 e. The largest absolute Gasteiger partial charge is 0.461 e. The maximum Gasteiger partial charge on any atom is 0.328 e. The van der Waals surface area contributed by atoms with Gasteiger partial charge in [-0.25, -0.2) is 0 Å². The second-order valence-corrected chi connectivity index (χ2v) is 10.7. The third-order valence-electron chi connectivity index (χ3n) is 7.96. The summed E-state index contributed by atoms with van der Waals surface area (Å²) in [7, 11) is 0. The van der Waals surface area contributed by atoms with Crippen molar-refractivity contribution < 1.29 is 14.3 Å². The Morgan fingerprint density at radius 2 is 1.46 bits per heavy atom. The maximum absolute atomic E-state index is 14.1. The number of carbonyl (C=O) groups is 2. The van der Waals surface area contributed by atoms with Gasteiger partial charge in [-0.2, -0.15) is 0 Å². The van der Waals surface area contributed by atoms with E-state index in [0.29, 0.717) is 17.0 Å². The van der Waals surface area contributed by atoms with Crippen molar-refractivity contribution in [3.05, 3.63) is 107 Å². The van der Waals surface area contributed by atoms with Gasteiger partial charge in [0.1, 0.15) is 12.4 Å². The zero-order chi connectivity index (χ0) is 25.1. The van der Waals surface area contributed by atoms with Crippen LogP contribution in [0.4, 0.5) is 0 Å². The van der Waals surface area contributed by atoms with E-state index < -0.39 is 11.4 Å². The fourth-order valence-electron chi connectivity index (χ4n) is 5.77. The average molecular weight is 469 g/mol. The standard InChI is InChI=1S/C32H36O3/c1-23-12-11-17-27(20-23)32(22-33,26-15-9-6-10-16-26)30(34)35-29-21-24(2)18-19-28(29)31(3,4)25-13-7-5-8-14-25/h5-17,20,22,24,28-29H,18-19,21H2,1-4H3/t24-,28-,29-,32+/m1/s1. The average Bonchev–Trinajstić information content (AvgIpc) is 2.86. The first kappa shape index (κ1) is 24.9. The predicted molar refractivity (Wildman–Crippen MR) is 140 cm³/mol. The number of hydrogen-bond acceptors (Lipinski definition) is 3. The van der Waals surface area contributed by atoms with Crippen molar-refractivity contribution in [3.63, 3.8) is 0 Å². The first-order valence-corrected chi connectivity index (χ1v) is 12.6. The van der Waals surface area contributed by atoms with Crippen LogP contribution < -0.4 is 0 Å². The Labute approximate surface area is 209 Å². The normalized spacial score (nSPS) is 22.1. The van der Waals surface area contributed by atoms with E-state index in [-0.39, 0.29) is 17.4 Å². The summed E-state index contributed by atoms with van der Waals surface area (Å²) in [6.07, 6.45) is 3.37. The molecular formula is C32H36O3. The van der Waals surface area contributed by atoms with Crippen molar-refractivity contribution in [3.8, 4) is 0 Å². The van der Waals surface area contributed by atoms with E-state index in [2.05, 4.69) is 45.0 Å². The molecule has 0 N–H and O–H groups in total. The minimum absolute atomic E-state index is 0.155. The molecule has 1 aliphatic carbocycles. The zero-order valence-corrected chi connectivity index (χ0v) is 21.2. The molecular weight excluding hydrogens is 432 g/mol. The Morgan fingerprint density at radius 3 is 2.06 bits per heavy atom. The van der Waals surface area contributed by atoms with Gasteiger partial charge in [-0.05, 0) is 47.8 Å². The lowest BCUT2D eigenvalue weighted by Crippen LogP contribution is -2.48. The molecule has 0 aromatic heterocycles. The fourth-order valence-corrected chi connectivity index (χ4v) is 5.77. The second kappa shape index (κ2) is 10.2. The highest BCUT2D eigenvalue weighted by Gasteiger charge is 2.48. The summed E-state index contributed by atoms with van der Waals surface area (Å²) in [4.78, 5) is 27.0. The van der Waals surface area contributed by atoms with Gasteiger partial charge in [-0.15, -0.1) is 0 Å². The lowest BCUT2D eigenvalue weighted by atomic mass is 9.64. The molecule has 3 heteroatoms. The van der Waals surface area contributed by atoms with Gasteiger partial charge >= 0.3 is 5.97 Å². The molecule has 4 rings (SSSR count). The fraction of sp³-hybridized carbons (Fsp3) is 0.375. The molecule has 0 unspecified atom stereocenters. The van der Waals surface area contributed by atoms with Crippen LogP contribution in [-0.4, -0.2) is 18.4 Å². The van der Waals surface area contributed by atoms with E-state index in [4.69, 9.17) is 4.74 Å². The van der Waals surface area contributed by atoms with Gasteiger partial charge < -0.3 is 9.53 Å². The van der Waals surface area contributed by atoms with E-state index >= 15 is 0 Å². The molecule has 1 aliphatic rings. The predicted octanol–water partition coefficient (Wildman–Crippen LogP) is 6.81. The first-order valence-electron chi connectivity index (χ1n) is 12.6. The summed E-state index contributed by atoms with van der Waals surface area (Å²) in [5.41, 5.74) is 1.83. The number of aldehydes is 1. The van der Waals surface area contributed by atoms with Gasteiger partial charge in [-0.1, -0.05) is 118 Å². The van der Waals surface area contributed by atoms with Gasteiger partial charge in [0.25, 0.3) is 0 Å². The summed E-state index contributed by atoms with van der Waals surface area (Å²) >= 11 is 0. The van der Waals surface area contributed by atoms with Gasteiger partial charge in [0.2, 0.25) is 0 Å². The third-order valence-corrected chi connectivity index (χ3v) is 7.96. The van der Waals surface area contributed by atoms with E-state index in [1.54, 1.807) is 0 Å². The van der Waals surface area contributed by atoms with Gasteiger partial charge in [0.15, 0.2) is 5.41 Å². The third kappa shape index (κ3) is 4.82. The van der Waals surface area contributed by atoms with Crippen molar-refractivity contribution in [2.24, 2.45) is 11.8 Å². The number of ether oxygens (including phenoxy) is 1. The quantitative estimate of drug-likeness (QED) is 0.217. The Balaban J connectivity index is 1.75. The van der Waals surface area contributed by atoms with Gasteiger partial charge in [-0.3, -0.25) is 4.79 Å². The highest BCUT2D eigenvalue weighted by Crippen LogP contribution is 2.45. The molecule has 35 heavy (non-hydrogen) atoms. The number of rotatable bonds is 7. The number of aryl methyl sites for hydroxylation is 1. The van der Waals surface area contributed by atoms with Crippen LogP contribution >= 0.6 is 0 Å². The molecule has 0 bridgehead atoms. The molecule has 1 fully saturated rings. The summed E-state index contributed by atoms with van der Waals surface area (Å²) in [6.45, 7) is 8.68. The molecule has 0 amide bonds. The summed E-state index contributed by atoms with van der Waals surface area (Å²) < 4.78 is 6.42.